The van der Waals surface area contributed by atoms with Crippen LogP contribution in [0.3, 0.4) is 0 Å². The summed E-state index contributed by atoms with van der Waals surface area (Å²) in [7, 11) is 0. The maximum Gasteiger partial charge on any atom is 0.261 e. The van der Waals surface area contributed by atoms with Crippen molar-refractivity contribution in [3.63, 3.8) is 0 Å². The van der Waals surface area contributed by atoms with Crippen molar-refractivity contribution in [2.24, 2.45) is 0 Å². The van der Waals surface area contributed by atoms with E-state index < -0.39 is 6.10 Å². The van der Waals surface area contributed by atoms with Crippen LogP contribution in [0.5, 0.6) is 11.5 Å². The Morgan fingerprint density at radius 1 is 1.08 bits per heavy atom. The first-order valence-corrected chi connectivity index (χ1v) is 8.43. The van der Waals surface area contributed by atoms with Gasteiger partial charge >= 0.3 is 0 Å². The largest absolute Gasteiger partial charge is 0.491 e. The Morgan fingerprint density at radius 2 is 1.80 bits per heavy atom. The highest BCUT2D eigenvalue weighted by Crippen LogP contribution is 2.16. The van der Waals surface area contributed by atoms with Gasteiger partial charge in [-0.05, 0) is 62.2 Å². The lowest BCUT2D eigenvalue weighted by molar-refractivity contribution is -0.128. The molecule has 25 heavy (non-hydrogen) atoms. The van der Waals surface area contributed by atoms with E-state index in [9.17, 15) is 9.18 Å². The molecule has 0 bridgehead atoms. The van der Waals surface area contributed by atoms with E-state index in [0.717, 1.165) is 11.3 Å². The average Bonchev–Trinajstić information content (AvgIpc) is 2.59. The molecule has 0 fully saturated rings. The van der Waals surface area contributed by atoms with E-state index in [-0.39, 0.29) is 17.8 Å². The number of halogens is 1. The quantitative estimate of drug-likeness (QED) is 0.784. The Hall–Kier alpha value is -2.56. The highest BCUT2D eigenvalue weighted by atomic mass is 19.1. The number of hydrogen-bond donors (Lipinski definition) is 1. The van der Waals surface area contributed by atoms with Gasteiger partial charge in [-0.25, -0.2) is 4.39 Å². The van der Waals surface area contributed by atoms with Gasteiger partial charge in [-0.3, -0.25) is 4.79 Å². The van der Waals surface area contributed by atoms with Gasteiger partial charge in [-0.1, -0.05) is 19.1 Å². The maximum absolute atomic E-state index is 12.9. The van der Waals surface area contributed by atoms with Crippen LogP contribution in [0.1, 0.15) is 32.8 Å². The molecular weight excluding hydrogens is 321 g/mol. The zero-order chi connectivity index (χ0) is 18.2. The summed E-state index contributed by atoms with van der Waals surface area (Å²) >= 11 is 0. The van der Waals surface area contributed by atoms with Gasteiger partial charge in [0.25, 0.3) is 5.91 Å². The summed E-state index contributed by atoms with van der Waals surface area (Å²) in [5.74, 6) is 0.697. The van der Waals surface area contributed by atoms with Crippen LogP contribution in [0.25, 0.3) is 0 Å². The van der Waals surface area contributed by atoms with Crippen LogP contribution < -0.4 is 14.8 Å². The van der Waals surface area contributed by atoms with Crippen LogP contribution in [0, 0.1) is 5.82 Å². The molecular formula is C20H24FNO3. The molecule has 0 unspecified atom stereocenters. The van der Waals surface area contributed by atoms with E-state index in [0.29, 0.717) is 18.7 Å². The van der Waals surface area contributed by atoms with Gasteiger partial charge in [-0.2, -0.15) is 0 Å². The summed E-state index contributed by atoms with van der Waals surface area (Å²) < 4.78 is 24.2. The molecule has 134 valence electrons. The molecule has 2 aromatic rings. The Kier molecular flexibility index (Phi) is 6.81. The number of carbonyl (C=O) groups excluding carboxylic acids is 1. The molecule has 0 heterocycles. The maximum atomic E-state index is 12.9. The minimum atomic E-state index is -0.624. The van der Waals surface area contributed by atoms with Crippen LogP contribution in [-0.4, -0.2) is 18.1 Å². The van der Waals surface area contributed by atoms with Crippen LogP contribution in [-0.2, 0) is 11.3 Å². The Labute approximate surface area is 148 Å². The molecule has 0 aromatic heterocycles. The molecule has 0 saturated heterocycles. The average molecular weight is 345 g/mol. The summed E-state index contributed by atoms with van der Waals surface area (Å²) in [6.07, 6.45) is -0.0151. The summed E-state index contributed by atoms with van der Waals surface area (Å²) in [5.41, 5.74) is 0.947. The first-order valence-electron chi connectivity index (χ1n) is 8.43. The molecule has 5 heteroatoms. The molecule has 2 aromatic carbocycles. The normalized spacial score (nSPS) is 11.9. The predicted molar refractivity (Wildman–Crippen MR) is 95.2 cm³/mol. The van der Waals surface area contributed by atoms with Crippen molar-refractivity contribution in [3.8, 4) is 11.5 Å². The molecule has 2 rings (SSSR count). The van der Waals surface area contributed by atoms with Gasteiger partial charge in [0.2, 0.25) is 0 Å². The number of rotatable bonds is 8. The van der Waals surface area contributed by atoms with Crippen LogP contribution in [0.4, 0.5) is 4.39 Å². The van der Waals surface area contributed by atoms with Gasteiger partial charge in [0.1, 0.15) is 17.3 Å². The second-order valence-corrected chi connectivity index (χ2v) is 6.00. The van der Waals surface area contributed by atoms with Crippen molar-refractivity contribution < 1.29 is 18.7 Å². The van der Waals surface area contributed by atoms with E-state index in [1.54, 1.807) is 0 Å². The molecule has 0 saturated carbocycles. The third-order valence-corrected chi connectivity index (χ3v) is 3.49. The molecule has 1 N–H and O–H groups in total. The van der Waals surface area contributed by atoms with Gasteiger partial charge in [0, 0.05) is 6.54 Å². The lowest BCUT2D eigenvalue weighted by Crippen LogP contribution is -2.37. The van der Waals surface area contributed by atoms with Crippen LogP contribution >= 0.6 is 0 Å². The third kappa shape index (κ3) is 6.10. The summed E-state index contributed by atoms with van der Waals surface area (Å²) in [6.45, 7) is 6.18. The number of carbonyl (C=O) groups is 1. The number of hydrogen-bond acceptors (Lipinski definition) is 3. The number of nitrogens with one attached hydrogen (secondary N) is 1. The van der Waals surface area contributed by atoms with E-state index in [2.05, 4.69) is 5.32 Å². The summed E-state index contributed by atoms with van der Waals surface area (Å²) in [5, 5.41) is 2.87. The molecule has 1 amide bonds. The number of benzene rings is 2. The first-order chi connectivity index (χ1) is 12.0. The van der Waals surface area contributed by atoms with E-state index in [1.807, 2.05) is 45.0 Å². The van der Waals surface area contributed by atoms with E-state index >= 15 is 0 Å². The van der Waals surface area contributed by atoms with E-state index in [1.165, 1.54) is 24.3 Å². The Bertz CT molecular complexity index is 686. The van der Waals surface area contributed by atoms with Gasteiger partial charge < -0.3 is 14.8 Å². The zero-order valence-corrected chi connectivity index (χ0v) is 14.8. The minimum absolute atomic E-state index is 0.0958. The van der Waals surface area contributed by atoms with Crippen molar-refractivity contribution >= 4 is 5.91 Å². The molecule has 0 aliphatic heterocycles. The van der Waals surface area contributed by atoms with Crippen molar-refractivity contribution in [1.82, 2.24) is 5.32 Å². The highest BCUT2D eigenvalue weighted by Gasteiger charge is 2.18. The Balaban J connectivity index is 1.92. The van der Waals surface area contributed by atoms with E-state index in [4.69, 9.17) is 9.47 Å². The fraction of sp³-hybridized carbons (Fsp3) is 0.350. The van der Waals surface area contributed by atoms with Gasteiger partial charge in [0.15, 0.2) is 6.10 Å². The van der Waals surface area contributed by atoms with Crippen molar-refractivity contribution in [3.05, 3.63) is 59.9 Å². The second-order valence-electron chi connectivity index (χ2n) is 6.00. The Morgan fingerprint density at radius 3 is 2.44 bits per heavy atom. The molecule has 0 aliphatic carbocycles. The van der Waals surface area contributed by atoms with Crippen LogP contribution in [0.15, 0.2) is 48.5 Å². The molecule has 4 nitrogen and oxygen atoms in total. The lowest BCUT2D eigenvalue weighted by atomic mass is 10.2. The topological polar surface area (TPSA) is 47.6 Å². The predicted octanol–water partition coefficient (Wildman–Crippen LogP) is 4.09. The third-order valence-electron chi connectivity index (χ3n) is 3.49. The summed E-state index contributed by atoms with van der Waals surface area (Å²) in [4.78, 5) is 12.3. The lowest BCUT2D eigenvalue weighted by Gasteiger charge is -2.17. The minimum Gasteiger partial charge on any atom is -0.491 e. The van der Waals surface area contributed by atoms with Gasteiger partial charge in [-0.15, -0.1) is 0 Å². The SMILES string of the molecule is CC[C@@H](Oc1ccc(F)cc1)C(=O)NCc1cccc(OC(C)C)c1. The van der Waals surface area contributed by atoms with Gasteiger partial charge in [0.05, 0.1) is 6.10 Å². The standard InChI is InChI=1S/C20H24FNO3/c1-4-19(25-17-10-8-16(21)9-11-17)20(23)22-13-15-6-5-7-18(12-15)24-14(2)3/h5-12,14,19H,4,13H2,1-3H3,(H,22,23)/t19-/m1/s1. The highest BCUT2D eigenvalue weighted by molar-refractivity contribution is 5.81. The van der Waals surface area contributed by atoms with Crippen molar-refractivity contribution in [2.45, 2.75) is 45.9 Å². The summed E-state index contributed by atoms with van der Waals surface area (Å²) in [6, 6.07) is 13.2. The molecule has 0 radical (unpaired) electrons. The molecule has 0 spiro atoms. The molecule has 0 aliphatic rings. The number of ether oxygens (including phenoxy) is 2. The smallest absolute Gasteiger partial charge is 0.261 e. The zero-order valence-electron chi connectivity index (χ0n) is 14.8. The monoisotopic (exact) mass is 345 g/mol. The second kappa shape index (κ2) is 9.06. The molecule has 1 atom stereocenters. The number of amides is 1. The van der Waals surface area contributed by atoms with Crippen molar-refractivity contribution in [2.75, 3.05) is 0 Å². The van der Waals surface area contributed by atoms with Crippen molar-refractivity contribution in [1.29, 1.82) is 0 Å². The fourth-order valence-corrected chi connectivity index (χ4v) is 2.30. The van der Waals surface area contributed by atoms with Crippen LogP contribution in [0.2, 0.25) is 0 Å². The first kappa shape index (κ1) is 18.8. The fourth-order valence-electron chi connectivity index (χ4n) is 2.30.